The maximum absolute atomic E-state index is 12.5. The summed E-state index contributed by atoms with van der Waals surface area (Å²) in [5, 5.41) is 3.37. The molecule has 0 spiro atoms. The molecule has 1 saturated heterocycles. The minimum absolute atomic E-state index is 0.426. The molecule has 0 aliphatic carbocycles. The van der Waals surface area contributed by atoms with Gasteiger partial charge in [0.05, 0.1) is 11.9 Å². The average Bonchev–Trinajstić information content (AvgIpc) is 2.56. The minimum atomic E-state index is -0.426. The maximum Gasteiger partial charge on any atom is 0.212 e. The van der Waals surface area contributed by atoms with Gasteiger partial charge in [0.25, 0.3) is 0 Å². The Balaban J connectivity index is 2.00. The molecular formula is C10H13FN2S. The molecule has 0 bridgehead atoms. The summed E-state index contributed by atoms with van der Waals surface area (Å²) in [5.74, 6) is 2.57. The summed E-state index contributed by atoms with van der Waals surface area (Å²) in [5.41, 5.74) is 0.908. The lowest BCUT2D eigenvalue weighted by atomic mass is 10.1. The van der Waals surface area contributed by atoms with Gasteiger partial charge < -0.3 is 5.32 Å². The van der Waals surface area contributed by atoms with Crippen LogP contribution in [0.2, 0.25) is 0 Å². The van der Waals surface area contributed by atoms with Crippen molar-refractivity contribution in [1.29, 1.82) is 0 Å². The first kappa shape index (κ1) is 9.77. The second-order valence-electron chi connectivity index (χ2n) is 3.64. The largest absolute Gasteiger partial charge is 0.380 e. The fourth-order valence-electron chi connectivity index (χ4n) is 1.52. The lowest BCUT2D eigenvalue weighted by Crippen LogP contribution is -2.25. The smallest absolute Gasteiger partial charge is 0.212 e. The standard InChI is InChI=1S/C10H13FN2S/c1-7-5-14-6-9(7)13-8-2-3-10(11)12-4-8/h2-4,7,9,13H,5-6H2,1H3. The van der Waals surface area contributed by atoms with Crippen molar-refractivity contribution in [3.63, 3.8) is 0 Å². The lowest BCUT2D eigenvalue weighted by Gasteiger charge is -2.17. The van der Waals surface area contributed by atoms with Crippen molar-refractivity contribution in [2.45, 2.75) is 13.0 Å². The van der Waals surface area contributed by atoms with Crippen molar-refractivity contribution in [2.24, 2.45) is 5.92 Å². The van der Waals surface area contributed by atoms with E-state index in [9.17, 15) is 4.39 Å². The van der Waals surface area contributed by atoms with E-state index in [-0.39, 0.29) is 0 Å². The van der Waals surface area contributed by atoms with E-state index in [0.717, 1.165) is 11.4 Å². The number of rotatable bonds is 2. The molecular weight excluding hydrogens is 199 g/mol. The number of nitrogens with one attached hydrogen (secondary N) is 1. The zero-order valence-corrected chi connectivity index (χ0v) is 8.85. The fraction of sp³-hybridized carbons (Fsp3) is 0.500. The Morgan fingerprint density at radius 1 is 1.50 bits per heavy atom. The van der Waals surface area contributed by atoms with Crippen LogP contribution in [0.3, 0.4) is 0 Å². The Bertz CT molecular complexity index is 301. The first-order chi connectivity index (χ1) is 6.75. The molecule has 2 unspecified atom stereocenters. The first-order valence-corrected chi connectivity index (χ1v) is 5.87. The monoisotopic (exact) mass is 212 g/mol. The zero-order chi connectivity index (χ0) is 9.97. The van der Waals surface area contributed by atoms with Gasteiger partial charge in [0.2, 0.25) is 5.95 Å². The topological polar surface area (TPSA) is 24.9 Å². The van der Waals surface area contributed by atoms with Crippen LogP contribution in [0, 0.1) is 11.9 Å². The van der Waals surface area contributed by atoms with Crippen LogP contribution >= 0.6 is 11.8 Å². The van der Waals surface area contributed by atoms with E-state index in [4.69, 9.17) is 0 Å². The number of thioether (sulfide) groups is 1. The SMILES string of the molecule is CC1CSCC1Nc1ccc(F)nc1. The van der Waals surface area contributed by atoms with E-state index in [1.54, 1.807) is 12.3 Å². The summed E-state index contributed by atoms with van der Waals surface area (Å²) < 4.78 is 12.5. The molecule has 2 nitrogen and oxygen atoms in total. The first-order valence-electron chi connectivity index (χ1n) is 4.71. The van der Waals surface area contributed by atoms with Gasteiger partial charge in [-0.3, -0.25) is 0 Å². The van der Waals surface area contributed by atoms with Gasteiger partial charge in [0.1, 0.15) is 0 Å². The predicted octanol–water partition coefficient (Wildman–Crippen LogP) is 2.38. The van der Waals surface area contributed by atoms with Gasteiger partial charge in [0.15, 0.2) is 0 Å². The molecule has 14 heavy (non-hydrogen) atoms. The molecule has 2 heterocycles. The number of anilines is 1. The number of hydrogen-bond acceptors (Lipinski definition) is 3. The van der Waals surface area contributed by atoms with Crippen LogP contribution in [-0.2, 0) is 0 Å². The van der Waals surface area contributed by atoms with E-state index in [2.05, 4.69) is 17.2 Å². The van der Waals surface area contributed by atoms with E-state index < -0.39 is 5.95 Å². The third-order valence-electron chi connectivity index (χ3n) is 2.44. The Labute approximate surface area is 87.3 Å². The number of hydrogen-bond donors (Lipinski definition) is 1. The zero-order valence-electron chi connectivity index (χ0n) is 8.03. The van der Waals surface area contributed by atoms with Crippen molar-refractivity contribution in [1.82, 2.24) is 4.98 Å². The van der Waals surface area contributed by atoms with Crippen LogP contribution in [0.4, 0.5) is 10.1 Å². The molecule has 1 aromatic heterocycles. The van der Waals surface area contributed by atoms with Gasteiger partial charge in [-0.2, -0.15) is 16.2 Å². The summed E-state index contributed by atoms with van der Waals surface area (Å²) in [6, 6.07) is 3.61. The highest BCUT2D eigenvalue weighted by atomic mass is 32.2. The van der Waals surface area contributed by atoms with Crippen LogP contribution in [0.1, 0.15) is 6.92 Å². The molecule has 1 N–H and O–H groups in total. The van der Waals surface area contributed by atoms with Crippen molar-refractivity contribution >= 4 is 17.4 Å². The molecule has 1 fully saturated rings. The molecule has 1 aliphatic heterocycles. The van der Waals surface area contributed by atoms with Crippen molar-refractivity contribution in [2.75, 3.05) is 16.8 Å². The van der Waals surface area contributed by atoms with Crippen LogP contribution in [-0.4, -0.2) is 22.5 Å². The van der Waals surface area contributed by atoms with Gasteiger partial charge in [-0.15, -0.1) is 0 Å². The van der Waals surface area contributed by atoms with E-state index in [0.29, 0.717) is 12.0 Å². The van der Waals surface area contributed by atoms with Gasteiger partial charge in [-0.05, 0) is 23.8 Å². The Morgan fingerprint density at radius 3 is 2.93 bits per heavy atom. The average molecular weight is 212 g/mol. The predicted molar refractivity (Wildman–Crippen MR) is 58.1 cm³/mol. The van der Waals surface area contributed by atoms with Crippen molar-refractivity contribution in [3.8, 4) is 0 Å². The molecule has 1 aromatic rings. The van der Waals surface area contributed by atoms with Gasteiger partial charge >= 0.3 is 0 Å². The lowest BCUT2D eigenvalue weighted by molar-refractivity contribution is 0.580. The quantitative estimate of drug-likeness (QED) is 0.762. The van der Waals surface area contributed by atoms with Crippen LogP contribution in [0.5, 0.6) is 0 Å². The molecule has 0 amide bonds. The Hall–Kier alpha value is -0.770. The number of nitrogens with zero attached hydrogens (tertiary/aromatic N) is 1. The van der Waals surface area contributed by atoms with Gasteiger partial charge in [0, 0.05) is 11.8 Å². The summed E-state index contributed by atoms with van der Waals surface area (Å²) in [4.78, 5) is 3.61. The summed E-state index contributed by atoms with van der Waals surface area (Å²) in [7, 11) is 0. The summed E-state index contributed by atoms with van der Waals surface area (Å²) in [6.45, 7) is 2.23. The van der Waals surface area contributed by atoms with Gasteiger partial charge in [-0.1, -0.05) is 6.92 Å². The highest BCUT2D eigenvalue weighted by Gasteiger charge is 2.23. The van der Waals surface area contributed by atoms with Crippen molar-refractivity contribution in [3.05, 3.63) is 24.3 Å². The second kappa shape index (κ2) is 4.17. The molecule has 2 rings (SSSR count). The van der Waals surface area contributed by atoms with E-state index in [1.165, 1.54) is 11.8 Å². The maximum atomic E-state index is 12.5. The van der Waals surface area contributed by atoms with Gasteiger partial charge in [-0.25, -0.2) is 4.98 Å². The third-order valence-corrected chi connectivity index (χ3v) is 3.80. The molecule has 0 aromatic carbocycles. The third kappa shape index (κ3) is 2.18. The summed E-state index contributed by atoms with van der Waals surface area (Å²) >= 11 is 1.96. The number of aromatic nitrogens is 1. The Kier molecular flexibility index (Phi) is 2.91. The molecule has 0 saturated carbocycles. The van der Waals surface area contributed by atoms with Crippen LogP contribution in [0.15, 0.2) is 18.3 Å². The minimum Gasteiger partial charge on any atom is -0.380 e. The van der Waals surface area contributed by atoms with E-state index in [1.807, 2.05) is 11.8 Å². The summed E-state index contributed by atoms with van der Waals surface area (Å²) in [6.07, 6.45) is 1.55. The Morgan fingerprint density at radius 2 is 2.36 bits per heavy atom. The molecule has 4 heteroatoms. The highest BCUT2D eigenvalue weighted by molar-refractivity contribution is 7.99. The van der Waals surface area contributed by atoms with Crippen LogP contribution in [0.25, 0.3) is 0 Å². The molecule has 1 aliphatic rings. The fourth-order valence-corrected chi connectivity index (χ4v) is 2.93. The molecule has 0 radical (unpaired) electrons. The van der Waals surface area contributed by atoms with Crippen LogP contribution < -0.4 is 5.32 Å². The van der Waals surface area contributed by atoms with Crippen molar-refractivity contribution < 1.29 is 4.39 Å². The number of pyridine rings is 1. The molecule has 76 valence electrons. The highest BCUT2D eigenvalue weighted by Crippen LogP contribution is 2.26. The normalized spacial score (nSPS) is 26.4. The van der Waals surface area contributed by atoms with E-state index >= 15 is 0 Å². The second-order valence-corrected chi connectivity index (χ2v) is 4.71. The number of halogens is 1. The molecule has 2 atom stereocenters.